The van der Waals surface area contributed by atoms with Crippen LogP contribution < -0.4 is 0 Å². The first-order chi connectivity index (χ1) is 13.8. The number of benzene rings is 2. The van der Waals surface area contributed by atoms with Crippen LogP contribution in [0.15, 0.2) is 97.5 Å². The van der Waals surface area contributed by atoms with Gasteiger partial charge in [-0.15, -0.1) is 0 Å². The summed E-state index contributed by atoms with van der Waals surface area (Å²) in [5.74, 6) is -0.0806. The van der Waals surface area contributed by atoms with E-state index in [4.69, 9.17) is 5.10 Å². The monoisotopic (exact) mass is 365 g/mol. The van der Waals surface area contributed by atoms with E-state index in [1.807, 2.05) is 65.5 Å². The molecule has 4 heteroatoms. The Morgan fingerprint density at radius 3 is 2.39 bits per heavy atom. The number of hydrogen-bond donors (Lipinski definition) is 0. The highest BCUT2D eigenvalue weighted by molar-refractivity contribution is 6.06. The van der Waals surface area contributed by atoms with Gasteiger partial charge in [-0.3, -0.25) is 14.5 Å². The molecule has 0 N–H and O–H groups in total. The highest BCUT2D eigenvalue weighted by Gasteiger charge is 2.10. The molecule has 0 saturated carbocycles. The molecule has 0 amide bonds. The Morgan fingerprint density at radius 2 is 1.68 bits per heavy atom. The maximum atomic E-state index is 12.4. The van der Waals surface area contributed by atoms with Gasteiger partial charge in [0.15, 0.2) is 5.78 Å². The quantitative estimate of drug-likeness (QED) is 0.361. The largest absolute Gasteiger partial charge is 0.289 e. The number of carbonyl (C=O) groups is 1. The summed E-state index contributed by atoms with van der Waals surface area (Å²) in [5.41, 5.74) is 4.51. The normalized spacial score (nSPS) is 11.0. The van der Waals surface area contributed by atoms with Gasteiger partial charge < -0.3 is 0 Å². The van der Waals surface area contributed by atoms with E-state index in [2.05, 4.69) is 17.1 Å². The van der Waals surface area contributed by atoms with Crippen molar-refractivity contribution in [2.75, 3.05) is 0 Å². The Kier molecular flexibility index (Phi) is 5.20. The molecule has 4 nitrogen and oxygen atoms in total. The Labute approximate surface area is 163 Å². The van der Waals surface area contributed by atoms with Crippen molar-refractivity contribution in [1.82, 2.24) is 14.8 Å². The van der Waals surface area contributed by atoms with Crippen molar-refractivity contribution in [3.05, 3.63) is 114 Å². The van der Waals surface area contributed by atoms with Crippen LogP contribution >= 0.6 is 0 Å². The van der Waals surface area contributed by atoms with Crippen LogP contribution in [0.4, 0.5) is 0 Å². The average molecular weight is 365 g/mol. The van der Waals surface area contributed by atoms with Crippen LogP contribution in [-0.4, -0.2) is 20.5 Å². The minimum atomic E-state index is -0.0806. The third-order valence-electron chi connectivity index (χ3n) is 4.38. The van der Waals surface area contributed by atoms with Gasteiger partial charge in [0, 0.05) is 35.3 Å². The third-order valence-corrected chi connectivity index (χ3v) is 4.38. The molecule has 0 aliphatic carbocycles. The molecule has 0 saturated heterocycles. The summed E-state index contributed by atoms with van der Waals surface area (Å²) in [6, 6.07) is 23.7. The van der Waals surface area contributed by atoms with Gasteiger partial charge in [-0.2, -0.15) is 5.10 Å². The maximum Gasteiger partial charge on any atom is 0.187 e. The second-order valence-corrected chi connectivity index (χ2v) is 6.42. The zero-order chi connectivity index (χ0) is 19.2. The standard InChI is InChI=1S/C24H19N3O/c28-23(21-12-7-15-25-16-21)14-13-22-18-27(17-19-8-3-1-4-9-19)26-24(22)20-10-5-2-6-11-20/h1-16,18H,17H2/b14-13+. The molecular weight excluding hydrogens is 346 g/mol. The van der Waals surface area contributed by atoms with Crippen molar-refractivity contribution in [1.29, 1.82) is 0 Å². The Balaban J connectivity index is 1.66. The van der Waals surface area contributed by atoms with Crippen molar-refractivity contribution in [3.8, 4) is 11.3 Å². The number of pyridine rings is 1. The lowest BCUT2D eigenvalue weighted by Gasteiger charge is -2.01. The van der Waals surface area contributed by atoms with Crippen molar-refractivity contribution >= 4 is 11.9 Å². The summed E-state index contributed by atoms with van der Waals surface area (Å²) in [4.78, 5) is 16.4. The lowest BCUT2D eigenvalue weighted by molar-refractivity contribution is 0.104. The van der Waals surface area contributed by atoms with Crippen LogP contribution in [0.3, 0.4) is 0 Å². The minimum absolute atomic E-state index is 0.0806. The number of hydrogen-bond acceptors (Lipinski definition) is 3. The molecule has 136 valence electrons. The lowest BCUT2D eigenvalue weighted by atomic mass is 10.1. The fourth-order valence-corrected chi connectivity index (χ4v) is 3.00. The summed E-state index contributed by atoms with van der Waals surface area (Å²) in [7, 11) is 0. The summed E-state index contributed by atoms with van der Waals surface area (Å²) >= 11 is 0. The van der Waals surface area contributed by atoms with Gasteiger partial charge >= 0.3 is 0 Å². The first-order valence-electron chi connectivity index (χ1n) is 9.09. The van der Waals surface area contributed by atoms with Gasteiger partial charge in [-0.05, 0) is 29.8 Å². The minimum Gasteiger partial charge on any atom is -0.289 e. The molecule has 0 fully saturated rings. The van der Waals surface area contributed by atoms with E-state index in [0.717, 1.165) is 16.8 Å². The van der Waals surface area contributed by atoms with E-state index in [-0.39, 0.29) is 5.78 Å². The topological polar surface area (TPSA) is 47.8 Å². The van der Waals surface area contributed by atoms with Gasteiger partial charge in [0.25, 0.3) is 0 Å². The number of rotatable bonds is 6. The number of ketones is 1. The predicted molar refractivity (Wildman–Crippen MR) is 111 cm³/mol. The maximum absolute atomic E-state index is 12.4. The van der Waals surface area contributed by atoms with Crippen molar-refractivity contribution in [3.63, 3.8) is 0 Å². The van der Waals surface area contributed by atoms with Gasteiger partial charge in [0.2, 0.25) is 0 Å². The molecule has 0 atom stereocenters. The predicted octanol–water partition coefficient (Wildman–Crippen LogP) is 4.89. The second-order valence-electron chi connectivity index (χ2n) is 6.42. The first kappa shape index (κ1) is 17.6. The molecule has 2 aromatic carbocycles. The average Bonchev–Trinajstić information content (AvgIpc) is 3.16. The molecule has 0 unspecified atom stereocenters. The second kappa shape index (κ2) is 8.27. The molecular formula is C24H19N3O. The zero-order valence-electron chi connectivity index (χ0n) is 15.3. The van der Waals surface area contributed by atoms with E-state index in [1.165, 1.54) is 5.56 Å². The molecule has 0 radical (unpaired) electrons. The number of aromatic nitrogens is 3. The molecule has 0 spiro atoms. The zero-order valence-corrected chi connectivity index (χ0v) is 15.3. The number of allylic oxidation sites excluding steroid dienone is 1. The van der Waals surface area contributed by atoms with Gasteiger partial charge in [-0.1, -0.05) is 60.7 Å². The van der Waals surface area contributed by atoms with E-state index >= 15 is 0 Å². The summed E-state index contributed by atoms with van der Waals surface area (Å²) < 4.78 is 1.91. The first-order valence-corrected chi connectivity index (χ1v) is 9.09. The Bertz CT molecular complexity index is 1080. The van der Waals surface area contributed by atoms with Gasteiger partial charge in [0.05, 0.1) is 12.2 Å². The van der Waals surface area contributed by atoms with E-state index < -0.39 is 0 Å². The van der Waals surface area contributed by atoms with E-state index in [0.29, 0.717) is 12.1 Å². The molecule has 4 aromatic rings. The fourth-order valence-electron chi connectivity index (χ4n) is 3.00. The van der Waals surface area contributed by atoms with Crippen LogP contribution in [0.2, 0.25) is 0 Å². The Hall–Kier alpha value is -3.79. The molecule has 0 aliphatic rings. The van der Waals surface area contributed by atoms with Crippen molar-refractivity contribution < 1.29 is 4.79 Å². The lowest BCUT2D eigenvalue weighted by Crippen LogP contribution is -1.99. The van der Waals surface area contributed by atoms with Crippen LogP contribution in [0.5, 0.6) is 0 Å². The molecule has 2 heterocycles. The molecule has 2 aromatic heterocycles. The smallest absolute Gasteiger partial charge is 0.187 e. The molecule has 28 heavy (non-hydrogen) atoms. The fraction of sp³-hybridized carbons (Fsp3) is 0.0417. The summed E-state index contributed by atoms with van der Waals surface area (Å²) in [5, 5.41) is 4.77. The van der Waals surface area contributed by atoms with Gasteiger partial charge in [0.1, 0.15) is 0 Å². The van der Waals surface area contributed by atoms with Gasteiger partial charge in [-0.25, -0.2) is 0 Å². The van der Waals surface area contributed by atoms with Crippen LogP contribution in [-0.2, 0) is 6.54 Å². The van der Waals surface area contributed by atoms with E-state index in [1.54, 1.807) is 30.6 Å². The number of carbonyl (C=O) groups excluding carboxylic acids is 1. The third kappa shape index (κ3) is 4.13. The van der Waals surface area contributed by atoms with E-state index in [9.17, 15) is 4.79 Å². The highest BCUT2D eigenvalue weighted by Crippen LogP contribution is 2.23. The van der Waals surface area contributed by atoms with Crippen LogP contribution in [0.1, 0.15) is 21.5 Å². The molecule has 0 aliphatic heterocycles. The van der Waals surface area contributed by atoms with Crippen molar-refractivity contribution in [2.45, 2.75) is 6.54 Å². The molecule has 4 rings (SSSR count). The van der Waals surface area contributed by atoms with Crippen LogP contribution in [0.25, 0.3) is 17.3 Å². The molecule has 0 bridgehead atoms. The van der Waals surface area contributed by atoms with Crippen molar-refractivity contribution in [2.24, 2.45) is 0 Å². The Morgan fingerprint density at radius 1 is 0.929 bits per heavy atom. The summed E-state index contributed by atoms with van der Waals surface area (Å²) in [6.45, 7) is 0.672. The highest BCUT2D eigenvalue weighted by atomic mass is 16.1. The summed E-state index contributed by atoms with van der Waals surface area (Å²) in [6.07, 6.45) is 8.60. The van der Waals surface area contributed by atoms with Crippen LogP contribution in [0, 0.1) is 0 Å². The SMILES string of the molecule is O=C(/C=C/c1cn(Cc2ccccc2)nc1-c1ccccc1)c1cccnc1. The number of nitrogens with zero attached hydrogens (tertiary/aromatic N) is 3.